The fraction of sp³-hybridized carbons (Fsp3) is 0.400. The minimum absolute atomic E-state index is 0.602. The molecule has 1 N–H and O–H groups in total. The molecule has 0 saturated heterocycles. The number of hydrogen-bond acceptors (Lipinski definition) is 2. The predicted octanol–water partition coefficient (Wildman–Crippen LogP) is 5.39. The summed E-state index contributed by atoms with van der Waals surface area (Å²) in [5.41, 5.74) is 3.30. The van der Waals surface area contributed by atoms with Gasteiger partial charge in [-0.2, -0.15) is 0 Å². The molecule has 2 nitrogen and oxygen atoms in total. The monoisotopic (exact) mass is 384 g/mol. The van der Waals surface area contributed by atoms with Crippen molar-refractivity contribution in [3.05, 3.63) is 32.8 Å². The summed E-state index contributed by atoms with van der Waals surface area (Å²) in [6.45, 7) is 7.45. The summed E-state index contributed by atoms with van der Waals surface area (Å²) < 4.78 is 2.11. The topological polar surface area (TPSA) is 24.9 Å². The summed E-state index contributed by atoms with van der Waals surface area (Å²) >= 11 is 7.23. The first kappa shape index (κ1) is 14.8. The number of nitrogens with zero attached hydrogens (tertiary/aromatic N) is 1. The second-order valence-corrected chi connectivity index (χ2v) is 6.75. The van der Waals surface area contributed by atoms with Crippen LogP contribution in [-0.2, 0) is 6.42 Å². The lowest BCUT2D eigenvalue weighted by molar-refractivity contribution is 0.637. The molecule has 1 aromatic heterocycles. The number of rotatable bonds is 4. The predicted molar refractivity (Wildman–Crippen MR) is 89.8 cm³/mol. The van der Waals surface area contributed by atoms with Gasteiger partial charge in [0.1, 0.15) is 0 Å². The number of hydrogen-bond donors (Lipinski definition) is 1. The third-order valence-electron chi connectivity index (χ3n) is 2.90. The van der Waals surface area contributed by atoms with Crippen LogP contribution in [-0.4, -0.2) is 11.5 Å². The van der Waals surface area contributed by atoms with Gasteiger partial charge in [-0.15, -0.1) is 0 Å². The molecule has 0 saturated carbocycles. The molecule has 2 rings (SSSR count). The molecule has 0 unspecified atom stereocenters. The minimum Gasteiger partial charge on any atom is -0.385 e. The van der Waals surface area contributed by atoms with Crippen molar-refractivity contribution < 1.29 is 0 Å². The Bertz CT molecular complexity index is 594. The Hall–Kier alpha value is -0.610. The maximum atomic E-state index is 4.80. The molecule has 19 heavy (non-hydrogen) atoms. The summed E-state index contributed by atoms with van der Waals surface area (Å²) in [5.74, 6) is 0.602. The van der Waals surface area contributed by atoms with Gasteiger partial charge in [-0.25, -0.2) is 0 Å². The molecule has 0 bridgehead atoms. The van der Waals surface area contributed by atoms with E-state index in [0.29, 0.717) is 5.92 Å². The van der Waals surface area contributed by atoms with E-state index in [-0.39, 0.29) is 0 Å². The third kappa shape index (κ3) is 3.29. The molecule has 0 aliphatic heterocycles. The molecule has 1 aromatic carbocycles. The second kappa shape index (κ2) is 6.23. The number of halogens is 2. The van der Waals surface area contributed by atoms with Crippen LogP contribution in [0.4, 0.5) is 5.69 Å². The molecule has 0 atom stereocenters. The van der Waals surface area contributed by atoms with Crippen molar-refractivity contribution in [2.75, 3.05) is 11.9 Å². The van der Waals surface area contributed by atoms with Gasteiger partial charge in [0, 0.05) is 32.3 Å². The van der Waals surface area contributed by atoms with Crippen molar-refractivity contribution in [1.29, 1.82) is 0 Å². The van der Waals surface area contributed by atoms with E-state index in [1.807, 2.05) is 6.07 Å². The Balaban J connectivity index is 2.68. The zero-order valence-electron chi connectivity index (χ0n) is 11.4. The molecule has 4 heteroatoms. The van der Waals surface area contributed by atoms with E-state index < -0.39 is 0 Å². The van der Waals surface area contributed by atoms with Crippen LogP contribution in [0.2, 0.25) is 0 Å². The van der Waals surface area contributed by atoms with Gasteiger partial charge >= 0.3 is 0 Å². The molecule has 0 radical (unpaired) electrons. The van der Waals surface area contributed by atoms with Crippen LogP contribution in [0.25, 0.3) is 10.9 Å². The number of anilines is 1. The maximum Gasteiger partial charge on any atom is 0.0879 e. The standard InChI is InChI=1S/C15H18Br2N2/c1-4-18-13-8-10(7-9(2)3)19-15-12(17)6-5-11(16)14(13)15/h5-6,8-9H,4,7H2,1-3H3,(H,18,19). The second-order valence-electron chi connectivity index (χ2n) is 5.04. The summed E-state index contributed by atoms with van der Waals surface area (Å²) in [4.78, 5) is 4.80. The molecule has 0 fully saturated rings. The van der Waals surface area contributed by atoms with E-state index in [0.717, 1.165) is 44.2 Å². The Labute approximate surface area is 131 Å². The Morgan fingerprint density at radius 2 is 1.89 bits per heavy atom. The van der Waals surface area contributed by atoms with Crippen molar-refractivity contribution in [2.45, 2.75) is 27.2 Å². The van der Waals surface area contributed by atoms with Crippen LogP contribution in [0.5, 0.6) is 0 Å². The highest BCUT2D eigenvalue weighted by Crippen LogP contribution is 2.35. The summed E-state index contributed by atoms with van der Waals surface area (Å²) in [6, 6.07) is 6.26. The number of nitrogens with one attached hydrogen (secondary N) is 1. The van der Waals surface area contributed by atoms with Crippen molar-refractivity contribution in [1.82, 2.24) is 4.98 Å². The SMILES string of the molecule is CCNc1cc(CC(C)C)nc2c(Br)ccc(Br)c12. The van der Waals surface area contributed by atoms with Gasteiger partial charge in [-0.3, -0.25) is 4.98 Å². The van der Waals surface area contributed by atoms with Gasteiger partial charge in [0.2, 0.25) is 0 Å². The highest BCUT2D eigenvalue weighted by Gasteiger charge is 2.12. The lowest BCUT2D eigenvalue weighted by Gasteiger charge is -2.14. The van der Waals surface area contributed by atoms with E-state index in [9.17, 15) is 0 Å². The van der Waals surface area contributed by atoms with Crippen molar-refractivity contribution in [3.8, 4) is 0 Å². The van der Waals surface area contributed by atoms with Crippen LogP contribution < -0.4 is 5.32 Å². The van der Waals surface area contributed by atoms with Gasteiger partial charge in [0.25, 0.3) is 0 Å². The molecule has 1 heterocycles. The molecular formula is C15H18Br2N2. The summed E-state index contributed by atoms with van der Waals surface area (Å²) in [5, 5.41) is 4.58. The van der Waals surface area contributed by atoms with Gasteiger partial charge in [0.05, 0.1) is 5.52 Å². The van der Waals surface area contributed by atoms with Gasteiger partial charge < -0.3 is 5.32 Å². The number of benzene rings is 1. The molecule has 2 aromatic rings. The summed E-state index contributed by atoms with van der Waals surface area (Å²) in [7, 11) is 0. The highest BCUT2D eigenvalue weighted by molar-refractivity contribution is 9.11. The lowest BCUT2D eigenvalue weighted by atomic mass is 10.1. The normalized spacial score (nSPS) is 11.3. The molecule has 0 aliphatic carbocycles. The first-order valence-electron chi connectivity index (χ1n) is 6.54. The van der Waals surface area contributed by atoms with Gasteiger partial charge in [-0.1, -0.05) is 29.8 Å². The Morgan fingerprint density at radius 3 is 2.53 bits per heavy atom. The molecule has 0 aliphatic rings. The Kier molecular flexibility index (Phi) is 4.85. The fourth-order valence-electron chi connectivity index (χ4n) is 2.17. The van der Waals surface area contributed by atoms with Crippen LogP contribution in [0.1, 0.15) is 26.5 Å². The largest absolute Gasteiger partial charge is 0.385 e. The highest BCUT2D eigenvalue weighted by atomic mass is 79.9. The van der Waals surface area contributed by atoms with E-state index in [4.69, 9.17) is 4.98 Å². The van der Waals surface area contributed by atoms with Gasteiger partial charge in [0.15, 0.2) is 0 Å². The fourth-order valence-corrected chi connectivity index (χ4v) is 3.13. The number of fused-ring (bicyclic) bond motifs is 1. The van der Waals surface area contributed by atoms with Crippen LogP contribution >= 0.6 is 31.9 Å². The molecular weight excluding hydrogens is 368 g/mol. The first-order chi connectivity index (χ1) is 9.02. The van der Waals surface area contributed by atoms with Crippen molar-refractivity contribution in [2.24, 2.45) is 5.92 Å². The lowest BCUT2D eigenvalue weighted by Crippen LogP contribution is -2.03. The zero-order chi connectivity index (χ0) is 14.0. The quantitative estimate of drug-likeness (QED) is 0.762. The third-order valence-corrected chi connectivity index (χ3v) is 4.20. The van der Waals surface area contributed by atoms with Crippen molar-refractivity contribution >= 4 is 48.5 Å². The molecule has 0 amide bonds. The zero-order valence-corrected chi connectivity index (χ0v) is 14.6. The average Bonchev–Trinajstić information content (AvgIpc) is 2.33. The van der Waals surface area contributed by atoms with Crippen molar-refractivity contribution in [3.63, 3.8) is 0 Å². The van der Waals surface area contributed by atoms with Gasteiger partial charge in [-0.05, 0) is 53.4 Å². The molecule has 102 valence electrons. The smallest absolute Gasteiger partial charge is 0.0879 e. The average molecular weight is 386 g/mol. The van der Waals surface area contributed by atoms with E-state index in [2.05, 4.69) is 70.1 Å². The number of pyridine rings is 1. The summed E-state index contributed by atoms with van der Waals surface area (Å²) in [6.07, 6.45) is 0.993. The maximum absolute atomic E-state index is 4.80. The first-order valence-corrected chi connectivity index (χ1v) is 8.13. The number of aromatic nitrogens is 1. The van der Waals surface area contributed by atoms with E-state index >= 15 is 0 Å². The Morgan fingerprint density at radius 1 is 1.21 bits per heavy atom. The van der Waals surface area contributed by atoms with E-state index in [1.54, 1.807) is 0 Å². The molecule has 0 spiro atoms. The van der Waals surface area contributed by atoms with E-state index in [1.165, 1.54) is 0 Å². The van der Waals surface area contributed by atoms with Crippen LogP contribution in [0.3, 0.4) is 0 Å². The minimum atomic E-state index is 0.602. The van der Waals surface area contributed by atoms with Crippen LogP contribution in [0.15, 0.2) is 27.1 Å². The van der Waals surface area contributed by atoms with Crippen LogP contribution in [0, 0.1) is 5.92 Å².